The molecule has 2 aromatic carbocycles. The lowest BCUT2D eigenvalue weighted by Crippen LogP contribution is -2.15. The summed E-state index contributed by atoms with van der Waals surface area (Å²) < 4.78 is 7.36. The van der Waals surface area contributed by atoms with E-state index in [1.54, 1.807) is 0 Å². The van der Waals surface area contributed by atoms with Crippen molar-refractivity contribution < 1.29 is 9.53 Å². The molecule has 30 heavy (non-hydrogen) atoms. The Morgan fingerprint density at radius 1 is 1.20 bits per heavy atom. The quantitative estimate of drug-likeness (QED) is 0.429. The number of aromatic nitrogens is 4. The highest BCUT2D eigenvalue weighted by atomic mass is 32.2. The lowest BCUT2D eigenvalue weighted by molar-refractivity contribution is -0.113. The summed E-state index contributed by atoms with van der Waals surface area (Å²) in [6.07, 6.45) is 0. The maximum atomic E-state index is 12.6. The fourth-order valence-corrected chi connectivity index (χ4v) is 3.93. The highest BCUT2D eigenvalue weighted by Gasteiger charge is 2.16. The van der Waals surface area contributed by atoms with Crippen molar-refractivity contribution in [2.45, 2.75) is 25.9 Å². The molecule has 4 aromatic rings. The number of fused-ring (bicyclic) bond motifs is 1. The Morgan fingerprint density at radius 2 is 2.00 bits per heavy atom. The number of anilines is 1. The summed E-state index contributed by atoms with van der Waals surface area (Å²) >= 11 is 1.36. The number of amides is 1. The first-order chi connectivity index (χ1) is 14.5. The van der Waals surface area contributed by atoms with E-state index in [4.69, 9.17) is 4.74 Å². The van der Waals surface area contributed by atoms with Crippen LogP contribution in [-0.2, 0) is 4.79 Å². The van der Waals surface area contributed by atoms with Gasteiger partial charge in [-0.2, -0.15) is 5.10 Å². The van der Waals surface area contributed by atoms with E-state index < -0.39 is 0 Å². The van der Waals surface area contributed by atoms with Crippen LogP contribution in [0, 0.1) is 13.8 Å². The number of aryl methyl sites for hydroxylation is 1. The Bertz CT molecular complexity index is 1180. The third-order valence-electron chi connectivity index (χ3n) is 4.64. The third-order valence-corrected chi connectivity index (χ3v) is 5.51. The summed E-state index contributed by atoms with van der Waals surface area (Å²) in [6, 6.07) is 15.6. The van der Waals surface area contributed by atoms with E-state index in [2.05, 4.69) is 20.4 Å². The molecule has 4 rings (SSSR count). The van der Waals surface area contributed by atoms with Gasteiger partial charge in [-0.1, -0.05) is 30.0 Å². The Balaban J connectivity index is 1.43. The highest BCUT2D eigenvalue weighted by molar-refractivity contribution is 7.99. The zero-order valence-electron chi connectivity index (χ0n) is 17.1. The maximum Gasteiger partial charge on any atom is 0.234 e. The SMILES string of the molecule is CCOc1ccc2nc(SCC(=O)Nc3c(C)nn(-c4ccccc4)c3C)[nH]c2c1. The maximum absolute atomic E-state index is 12.6. The highest BCUT2D eigenvalue weighted by Crippen LogP contribution is 2.25. The number of para-hydroxylation sites is 1. The second-order valence-electron chi connectivity index (χ2n) is 6.78. The van der Waals surface area contributed by atoms with Crippen LogP contribution in [0.4, 0.5) is 5.69 Å². The minimum Gasteiger partial charge on any atom is -0.494 e. The molecule has 7 nitrogen and oxygen atoms in total. The van der Waals surface area contributed by atoms with Crippen molar-refractivity contribution in [3.8, 4) is 11.4 Å². The molecule has 2 N–H and O–H groups in total. The van der Waals surface area contributed by atoms with Gasteiger partial charge in [0.25, 0.3) is 0 Å². The van der Waals surface area contributed by atoms with E-state index >= 15 is 0 Å². The molecule has 0 spiro atoms. The van der Waals surface area contributed by atoms with Gasteiger partial charge < -0.3 is 15.0 Å². The van der Waals surface area contributed by atoms with Crippen LogP contribution < -0.4 is 10.1 Å². The first-order valence-electron chi connectivity index (χ1n) is 9.72. The predicted molar refractivity (Wildman–Crippen MR) is 120 cm³/mol. The summed E-state index contributed by atoms with van der Waals surface area (Å²) in [5.74, 6) is 0.937. The number of carbonyl (C=O) groups is 1. The van der Waals surface area contributed by atoms with Gasteiger partial charge in [0.15, 0.2) is 5.16 Å². The smallest absolute Gasteiger partial charge is 0.234 e. The minimum atomic E-state index is -0.103. The second-order valence-corrected chi connectivity index (χ2v) is 7.75. The molecule has 0 unspecified atom stereocenters. The van der Waals surface area contributed by atoms with Crippen molar-refractivity contribution in [1.29, 1.82) is 0 Å². The third kappa shape index (κ3) is 4.18. The molecule has 0 saturated carbocycles. The van der Waals surface area contributed by atoms with Crippen LogP contribution in [0.15, 0.2) is 53.7 Å². The topological polar surface area (TPSA) is 84.8 Å². The van der Waals surface area contributed by atoms with Gasteiger partial charge in [0.2, 0.25) is 5.91 Å². The zero-order chi connectivity index (χ0) is 21.1. The van der Waals surface area contributed by atoms with Crippen LogP contribution in [0.5, 0.6) is 5.75 Å². The van der Waals surface area contributed by atoms with Crippen LogP contribution in [0.3, 0.4) is 0 Å². The van der Waals surface area contributed by atoms with Gasteiger partial charge in [-0.3, -0.25) is 4.79 Å². The molecule has 0 fully saturated rings. The minimum absolute atomic E-state index is 0.103. The number of benzene rings is 2. The normalized spacial score (nSPS) is 11.0. The van der Waals surface area contributed by atoms with Gasteiger partial charge in [0.05, 0.1) is 46.2 Å². The molecule has 8 heteroatoms. The molecule has 154 valence electrons. The number of nitrogens with zero attached hydrogens (tertiary/aromatic N) is 3. The Labute approximate surface area is 178 Å². The van der Waals surface area contributed by atoms with Gasteiger partial charge in [-0.25, -0.2) is 9.67 Å². The number of H-pyrrole nitrogens is 1. The molecule has 0 bridgehead atoms. The van der Waals surface area contributed by atoms with Crippen molar-refractivity contribution >= 4 is 34.4 Å². The van der Waals surface area contributed by atoms with E-state index in [9.17, 15) is 4.79 Å². The van der Waals surface area contributed by atoms with E-state index in [-0.39, 0.29) is 11.7 Å². The van der Waals surface area contributed by atoms with Crippen LogP contribution in [0.25, 0.3) is 16.7 Å². The van der Waals surface area contributed by atoms with Gasteiger partial charge in [-0.05, 0) is 45.0 Å². The number of aromatic amines is 1. The van der Waals surface area contributed by atoms with Crippen LogP contribution in [-0.4, -0.2) is 38.0 Å². The molecule has 0 aliphatic heterocycles. The molecule has 0 aliphatic carbocycles. The zero-order valence-corrected chi connectivity index (χ0v) is 17.9. The largest absolute Gasteiger partial charge is 0.494 e. The number of hydrogen-bond acceptors (Lipinski definition) is 5. The molecule has 2 aromatic heterocycles. The Morgan fingerprint density at radius 3 is 2.77 bits per heavy atom. The summed E-state index contributed by atoms with van der Waals surface area (Å²) in [5.41, 5.74) is 5.11. The van der Waals surface area contributed by atoms with Crippen molar-refractivity contribution in [3.05, 3.63) is 59.9 Å². The average molecular weight is 422 g/mol. The van der Waals surface area contributed by atoms with Crippen molar-refractivity contribution in [2.24, 2.45) is 0 Å². The predicted octanol–water partition coefficient (Wildman–Crippen LogP) is 4.49. The number of ether oxygens (including phenoxy) is 1. The molecular weight excluding hydrogens is 398 g/mol. The average Bonchev–Trinajstić information content (AvgIpc) is 3.28. The summed E-state index contributed by atoms with van der Waals surface area (Å²) in [6.45, 7) is 6.40. The molecule has 0 atom stereocenters. The van der Waals surface area contributed by atoms with Crippen molar-refractivity contribution in [3.63, 3.8) is 0 Å². The number of thioether (sulfide) groups is 1. The summed E-state index contributed by atoms with van der Waals surface area (Å²) in [4.78, 5) is 20.3. The Kier molecular flexibility index (Phi) is 5.76. The van der Waals surface area contributed by atoms with E-state index in [0.29, 0.717) is 11.8 Å². The molecule has 0 saturated heterocycles. The van der Waals surface area contributed by atoms with Gasteiger partial charge >= 0.3 is 0 Å². The fraction of sp³-hybridized carbons (Fsp3) is 0.227. The van der Waals surface area contributed by atoms with Crippen molar-refractivity contribution in [1.82, 2.24) is 19.7 Å². The monoisotopic (exact) mass is 421 g/mol. The number of hydrogen-bond donors (Lipinski definition) is 2. The molecule has 1 amide bonds. The summed E-state index contributed by atoms with van der Waals surface area (Å²) in [5, 5.41) is 8.26. The first-order valence-corrected chi connectivity index (χ1v) is 10.7. The van der Waals surface area contributed by atoms with Gasteiger partial charge in [-0.15, -0.1) is 0 Å². The molecule has 2 heterocycles. The second kappa shape index (κ2) is 8.62. The van der Waals surface area contributed by atoms with Crippen LogP contribution in [0.1, 0.15) is 18.3 Å². The van der Waals surface area contributed by atoms with Crippen LogP contribution in [0.2, 0.25) is 0 Å². The van der Waals surface area contributed by atoms with E-state index in [1.807, 2.05) is 74.0 Å². The van der Waals surface area contributed by atoms with Crippen molar-refractivity contribution in [2.75, 3.05) is 17.7 Å². The standard InChI is InChI=1S/C22H23N5O2S/c1-4-29-17-10-11-18-19(12-17)24-22(23-18)30-13-20(28)25-21-14(2)26-27(15(21)3)16-8-6-5-7-9-16/h5-12H,4,13H2,1-3H3,(H,23,24)(H,25,28). The number of nitrogens with one attached hydrogen (secondary N) is 2. The van der Waals surface area contributed by atoms with E-state index in [0.717, 1.165) is 39.5 Å². The lowest BCUT2D eigenvalue weighted by atomic mass is 10.3. The van der Waals surface area contributed by atoms with Gasteiger partial charge in [0.1, 0.15) is 5.75 Å². The number of imidazole rings is 1. The number of rotatable bonds is 7. The van der Waals surface area contributed by atoms with Gasteiger partial charge in [0, 0.05) is 6.07 Å². The fourth-order valence-electron chi connectivity index (χ4n) is 3.24. The molecule has 0 radical (unpaired) electrons. The first kappa shape index (κ1) is 20.0. The van der Waals surface area contributed by atoms with Crippen LogP contribution >= 0.6 is 11.8 Å². The van der Waals surface area contributed by atoms with E-state index in [1.165, 1.54) is 11.8 Å². The lowest BCUT2D eigenvalue weighted by Gasteiger charge is -2.06. The molecular formula is C22H23N5O2S. The molecule has 0 aliphatic rings. The number of carbonyl (C=O) groups excluding carboxylic acids is 1. The Hall–Kier alpha value is -3.26. The summed E-state index contributed by atoms with van der Waals surface area (Å²) in [7, 11) is 0.